The Kier molecular flexibility index (Phi) is 6.24. The number of hydrogen-bond donors (Lipinski definition) is 2. The molecule has 1 aromatic carbocycles. The molecule has 1 saturated heterocycles. The van der Waals surface area contributed by atoms with Gasteiger partial charge in [-0.3, -0.25) is 4.79 Å². The summed E-state index contributed by atoms with van der Waals surface area (Å²) in [5, 5.41) is 6.55. The largest absolute Gasteiger partial charge is 0.348 e. The minimum Gasteiger partial charge on any atom is -0.348 e. The molecule has 4 heteroatoms. The van der Waals surface area contributed by atoms with Crippen molar-refractivity contribution in [3.05, 3.63) is 34.3 Å². The Morgan fingerprint density at radius 1 is 1.38 bits per heavy atom. The first kappa shape index (κ1) is 16.5. The van der Waals surface area contributed by atoms with Gasteiger partial charge in [-0.2, -0.15) is 0 Å². The molecule has 0 aromatic heterocycles. The van der Waals surface area contributed by atoms with Crippen LogP contribution in [0.25, 0.3) is 0 Å². The molecule has 2 rings (SSSR count). The highest BCUT2D eigenvalue weighted by molar-refractivity contribution is 9.10. The quantitative estimate of drug-likeness (QED) is 0.846. The second kappa shape index (κ2) is 7.95. The average Bonchev–Trinajstić information content (AvgIpc) is 2.53. The highest BCUT2D eigenvalue weighted by Gasteiger charge is 2.27. The van der Waals surface area contributed by atoms with Gasteiger partial charge in [-0.25, -0.2) is 0 Å². The number of piperidine rings is 1. The van der Waals surface area contributed by atoms with E-state index < -0.39 is 0 Å². The summed E-state index contributed by atoms with van der Waals surface area (Å²) in [6, 6.07) is 8.25. The molecule has 3 nitrogen and oxygen atoms in total. The van der Waals surface area contributed by atoms with Gasteiger partial charge in [-0.05, 0) is 49.4 Å². The summed E-state index contributed by atoms with van der Waals surface area (Å²) in [6.45, 7) is 5.27. The van der Waals surface area contributed by atoms with Crippen LogP contribution in [0, 0.1) is 5.92 Å². The predicted octanol–water partition coefficient (Wildman–Crippen LogP) is 3.79. The lowest BCUT2D eigenvalue weighted by Gasteiger charge is -2.30. The summed E-state index contributed by atoms with van der Waals surface area (Å²) in [7, 11) is 0. The van der Waals surface area contributed by atoms with E-state index in [-0.39, 0.29) is 18.0 Å². The van der Waals surface area contributed by atoms with Crippen molar-refractivity contribution >= 4 is 21.8 Å². The van der Waals surface area contributed by atoms with Crippen LogP contribution in [0.2, 0.25) is 0 Å². The zero-order valence-corrected chi connectivity index (χ0v) is 14.4. The summed E-state index contributed by atoms with van der Waals surface area (Å²) in [5.74, 6) is 0.817. The molecule has 2 N–H and O–H groups in total. The van der Waals surface area contributed by atoms with Gasteiger partial charge < -0.3 is 10.6 Å². The standard InChI is InChI=1S/C17H25BrN2O/c1-3-12-9-10-19-16(11-12)17(21)20-15(4-2)13-5-7-14(18)8-6-13/h5-8,12,15-16,19H,3-4,9-11H2,1-2H3,(H,20,21). The number of hydrogen-bond acceptors (Lipinski definition) is 2. The fourth-order valence-corrected chi connectivity index (χ4v) is 3.22. The van der Waals surface area contributed by atoms with Crippen LogP contribution in [0.5, 0.6) is 0 Å². The lowest BCUT2D eigenvalue weighted by Crippen LogP contribution is -2.49. The maximum Gasteiger partial charge on any atom is 0.237 e. The monoisotopic (exact) mass is 352 g/mol. The third kappa shape index (κ3) is 4.55. The van der Waals surface area contributed by atoms with Crippen molar-refractivity contribution in [2.24, 2.45) is 5.92 Å². The van der Waals surface area contributed by atoms with Gasteiger partial charge in [0.2, 0.25) is 5.91 Å². The Labute approximate surface area is 136 Å². The zero-order chi connectivity index (χ0) is 15.2. The number of amides is 1. The van der Waals surface area contributed by atoms with E-state index in [1.807, 2.05) is 12.1 Å². The molecule has 0 spiro atoms. The molecule has 3 atom stereocenters. The van der Waals surface area contributed by atoms with Crippen LogP contribution in [-0.4, -0.2) is 18.5 Å². The Hall–Kier alpha value is -0.870. The number of carbonyl (C=O) groups excluding carboxylic acids is 1. The van der Waals surface area contributed by atoms with Crippen molar-refractivity contribution in [2.45, 2.75) is 51.6 Å². The van der Waals surface area contributed by atoms with E-state index in [1.54, 1.807) is 0 Å². The number of rotatable bonds is 5. The summed E-state index contributed by atoms with van der Waals surface area (Å²) >= 11 is 3.45. The molecule has 1 fully saturated rings. The molecule has 1 amide bonds. The van der Waals surface area contributed by atoms with E-state index in [0.29, 0.717) is 5.92 Å². The normalized spacial score (nSPS) is 23.6. The number of halogens is 1. The smallest absolute Gasteiger partial charge is 0.237 e. The topological polar surface area (TPSA) is 41.1 Å². The van der Waals surface area contributed by atoms with Gasteiger partial charge in [-0.1, -0.05) is 48.3 Å². The molecule has 1 aromatic rings. The number of carbonyl (C=O) groups is 1. The van der Waals surface area contributed by atoms with E-state index in [4.69, 9.17) is 0 Å². The molecular weight excluding hydrogens is 328 g/mol. The summed E-state index contributed by atoms with van der Waals surface area (Å²) < 4.78 is 1.06. The molecule has 116 valence electrons. The first-order valence-corrected chi connectivity index (χ1v) is 8.72. The first-order chi connectivity index (χ1) is 10.1. The molecule has 0 saturated carbocycles. The van der Waals surface area contributed by atoms with Crippen molar-refractivity contribution < 1.29 is 4.79 Å². The molecule has 0 aliphatic carbocycles. The van der Waals surface area contributed by atoms with Gasteiger partial charge in [0.15, 0.2) is 0 Å². The number of benzene rings is 1. The molecule has 1 heterocycles. The third-order valence-corrected chi connectivity index (χ3v) is 4.93. The van der Waals surface area contributed by atoms with Gasteiger partial charge in [0.1, 0.15) is 0 Å². The van der Waals surface area contributed by atoms with Crippen LogP contribution >= 0.6 is 15.9 Å². The minimum absolute atomic E-state index is 0.0341. The molecular formula is C17H25BrN2O. The van der Waals surface area contributed by atoms with Gasteiger partial charge >= 0.3 is 0 Å². The van der Waals surface area contributed by atoms with Gasteiger partial charge in [0, 0.05) is 4.47 Å². The second-order valence-corrected chi connectivity index (χ2v) is 6.74. The molecule has 21 heavy (non-hydrogen) atoms. The van der Waals surface area contributed by atoms with Crippen molar-refractivity contribution in [3.8, 4) is 0 Å². The summed E-state index contributed by atoms with van der Waals surface area (Å²) in [4.78, 5) is 12.5. The van der Waals surface area contributed by atoms with Gasteiger partial charge in [-0.15, -0.1) is 0 Å². The van der Waals surface area contributed by atoms with E-state index in [9.17, 15) is 4.79 Å². The van der Waals surface area contributed by atoms with Crippen molar-refractivity contribution in [2.75, 3.05) is 6.54 Å². The minimum atomic E-state index is -0.0341. The molecule has 0 radical (unpaired) electrons. The summed E-state index contributed by atoms with van der Waals surface area (Å²) in [5.41, 5.74) is 1.16. The average molecular weight is 353 g/mol. The van der Waals surface area contributed by atoms with E-state index in [2.05, 4.69) is 52.5 Å². The van der Waals surface area contributed by atoms with Crippen LogP contribution in [0.3, 0.4) is 0 Å². The fourth-order valence-electron chi connectivity index (χ4n) is 2.96. The lowest BCUT2D eigenvalue weighted by atomic mass is 9.90. The first-order valence-electron chi connectivity index (χ1n) is 7.93. The van der Waals surface area contributed by atoms with Crippen LogP contribution < -0.4 is 10.6 Å². The summed E-state index contributed by atoms with van der Waals surface area (Å²) in [6.07, 6.45) is 4.20. The van der Waals surface area contributed by atoms with Crippen LogP contribution in [0.15, 0.2) is 28.7 Å². The van der Waals surface area contributed by atoms with E-state index >= 15 is 0 Å². The second-order valence-electron chi connectivity index (χ2n) is 5.83. The maximum atomic E-state index is 12.5. The van der Waals surface area contributed by atoms with Crippen molar-refractivity contribution in [1.29, 1.82) is 0 Å². The highest BCUT2D eigenvalue weighted by atomic mass is 79.9. The Bertz CT molecular complexity index is 460. The fraction of sp³-hybridized carbons (Fsp3) is 0.588. The Morgan fingerprint density at radius 2 is 2.10 bits per heavy atom. The van der Waals surface area contributed by atoms with Crippen LogP contribution in [0.1, 0.15) is 51.1 Å². The van der Waals surface area contributed by atoms with Crippen molar-refractivity contribution in [3.63, 3.8) is 0 Å². The van der Waals surface area contributed by atoms with Gasteiger partial charge in [0.25, 0.3) is 0 Å². The van der Waals surface area contributed by atoms with Crippen LogP contribution in [-0.2, 0) is 4.79 Å². The lowest BCUT2D eigenvalue weighted by molar-refractivity contribution is -0.124. The van der Waals surface area contributed by atoms with E-state index in [1.165, 1.54) is 6.42 Å². The van der Waals surface area contributed by atoms with Crippen molar-refractivity contribution in [1.82, 2.24) is 10.6 Å². The van der Waals surface area contributed by atoms with E-state index in [0.717, 1.165) is 35.8 Å². The SMILES string of the molecule is CCC1CCNC(C(=O)NC(CC)c2ccc(Br)cc2)C1. The molecule has 1 aliphatic rings. The van der Waals surface area contributed by atoms with Gasteiger partial charge in [0.05, 0.1) is 12.1 Å². The third-order valence-electron chi connectivity index (χ3n) is 4.40. The molecule has 3 unspecified atom stereocenters. The Morgan fingerprint density at radius 3 is 2.71 bits per heavy atom. The predicted molar refractivity (Wildman–Crippen MR) is 90.1 cm³/mol. The Balaban J connectivity index is 1.97. The maximum absolute atomic E-state index is 12.5. The molecule has 0 bridgehead atoms. The molecule has 1 aliphatic heterocycles. The van der Waals surface area contributed by atoms with Crippen LogP contribution in [0.4, 0.5) is 0 Å². The number of nitrogens with one attached hydrogen (secondary N) is 2. The zero-order valence-electron chi connectivity index (χ0n) is 12.9. The highest BCUT2D eigenvalue weighted by Crippen LogP contribution is 2.22.